The van der Waals surface area contributed by atoms with Crippen LogP contribution in [0.15, 0.2) is 60.8 Å². The summed E-state index contributed by atoms with van der Waals surface area (Å²) in [6, 6.07) is 18.6. The molecule has 26 heavy (non-hydrogen) atoms. The molecule has 1 N–H and O–H groups in total. The Morgan fingerprint density at radius 2 is 2.08 bits per heavy atom. The lowest BCUT2D eigenvalue weighted by Crippen LogP contribution is -2.32. The van der Waals surface area contributed by atoms with Gasteiger partial charge >= 0.3 is 0 Å². The van der Waals surface area contributed by atoms with Crippen LogP contribution in [0.1, 0.15) is 22.7 Å². The number of nitriles is 1. The molecule has 1 amide bonds. The van der Waals surface area contributed by atoms with E-state index in [0.717, 1.165) is 22.0 Å². The molecule has 3 rings (SSSR count). The smallest absolute Gasteiger partial charge is 0.225 e. The number of methoxy groups -OCH3 is 1. The zero-order valence-corrected chi connectivity index (χ0v) is 14.5. The lowest BCUT2D eigenvalue weighted by molar-refractivity contribution is -0.121. The monoisotopic (exact) mass is 345 g/mol. The molecule has 0 radical (unpaired) electrons. The Bertz CT molecular complexity index is 957. The van der Waals surface area contributed by atoms with E-state index in [1.165, 1.54) is 0 Å². The number of nitrogens with zero attached hydrogens (tertiary/aromatic N) is 2. The van der Waals surface area contributed by atoms with Gasteiger partial charge in [-0.3, -0.25) is 9.78 Å². The van der Waals surface area contributed by atoms with Crippen molar-refractivity contribution in [1.82, 2.24) is 10.3 Å². The quantitative estimate of drug-likeness (QED) is 0.745. The van der Waals surface area contributed by atoms with E-state index in [2.05, 4.69) is 16.4 Å². The lowest BCUT2D eigenvalue weighted by Gasteiger charge is -2.19. The Balaban J connectivity index is 1.79. The van der Waals surface area contributed by atoms with Gasteiger partial charge in [-0.25, -0.2) is 0 Å². The normalized spacial score (nSPS) is 11.7. The highest BCUT2D eigenvalue weighted by Crippen LogP contribution is 2.19. The Labute approximate surface area is 152 Å². The number of hydrogen-bond donors (Lipinski definition) is 1. The predicted molar refractivity (Wildman–Crippen MR) is 99.4 cm³/mol. The van der Waals surface area contributed by atoms with Gasteiger partial charge in [-0.2, -0.15) is 5.26 Å². The van der Waals surface area contributed by atoms with Crippen LogP contribution in [0.2, 0.25) is 0 Å². The molecule has 0 saturated carbocycles. The Hall–Kier alpha value is -3.23. The molecule has 1 unspecified atom stereocenters. The van der Waals surface area contributed by atoms with Gasteiger partial charge in [0, 0.05) is 18.7 Å². The van der Waals surface area contributed by atoms with Gasteiger partial charge < -0.3 is 10.1 Å². The van der Waals surface area contributed by atoms with Gasteiger partial charge in [-0.15, -0.1) is 0 Å². The second kappa shape index (κ2) is 8.24. The molecule has 1 atom stereocenters. The van der Waals surface area contributed by atoms with E-state index in [9.17, 15) is 4.79 Å². The number of pyridine rings is 1. The van der Waals surface area contributed by atoms with E-state index in [1.807, 2.05) is 36.4 Å². The van der Waals surface area contributed by atoms with Gasteiger partial charge in [0.15, 0.2) is 0 Å². The average molecular weight is 345 g/mol. The minimum absolute atomic E-state index is 0.106. The third kappa shape index (κ3) is 4.05. The summed E-state index contributed by atoms with van der Waals surface area (Å²) in [5.74, 6) is -0.106. The molecule has 1 aromatic heterocycles. The molecule has 0 aliphatic rings. The third-order valence-electron chi connectivity index (χ3n) is 4.17. The van der Waals surface area contributed by atoms with Gasteiger partial charge in [0.25, 0.3) is 0 Å². The van der Waals surface area contributed by atoms with Crippen LogP contribution >= 0.6 is 0 Å². The number of fused-ring (bicyclic) bond motifs is 1. The minimum Gasteiger partial charge on any atom is -0.382 e. The molecule has 0 aliphatic heterocycles. The highest BCUT2D eigenvalue weighted by Gasteiger charge is 2.16. The zero-order chi connectivity index (χ0) is 18.4. The highest BCUT2D eigenvalue weighted by molar-refractivity contribution is 5.88. The molecule has 0 fully saturated rings. The van der Waals surface area contributed by atoms with Crippen molar-refractivity contribution in [2.24, 2.45) is 0 Å². The van der Waals surface area contributed by atoms with Crippen molar-refractivity contribution >= 4 is 16.8 Å². The van der Waals surface area contributed by atoms with Crippen molar-refractivity contribution in [2.75, 3.05) is 13.7 Å². The number of nitrogens with one attached hydrogen (secondary N) is 1. The molecule has 130 valence electrons. The van der Waals surface area contributed by atoms with Gasteiger partial charge in [-0.05, 0) is 35.4 Å². The van der Waals surface area contributed by atoms with Crippen LogP contribution in [0.4, 0.5) is 0 Å². The van der Waals surface area contributed by atoms with Crippen molar-refractivity contribution in [3.63, 3.8) is 0 Å². The van der Waals surface area contributed by atoms with Crippen LogP contribution in [-0.2, 0) is 16.0 Å². The number of ether oxygens (including phenoxy) is 1. The van der Waals surface area contributed by atoms with E-state index in [0.29, 0.717) is 12.2 Å². The summed E-state index contributed by atoms with van der Waals surface area (Å²) in [7, 11) is 1.59. The minimum atomic E-state index is -0.311. The summed E-state index contributed by atoms with van der Waals surface area (Å²) < 4.78 is 5.25. The number of carbonyl (C=O) groups is 1. The van der Waals surface area contributed by atoms with Crippen LogP contribution in [-0.4, -0.2) is 24.6 Å². The van der Waals surface area contributed by atoms with Crippen LogP contribution in [0, 0.1) is 11.3 Å². The summed E-state index contributed by atoms with van der Waals surface area (Å²) in [6.45, 7) is 0.331. The summed E-state index contributed by atoms with van der Waals surface area (Å²) in [4.78, 5) is 16.9. The Kier molecular flexibility index (Phi) is 5.57. The topological polar surface area (TPSA) is 75.0 Å². The number of rotatable bonds is 6. The molecule has 5 nitrogen and oxygen atoms in total. The van der Waals surface area contributed by atoms with Gasteiger partial charge in [0.1, 0.15) is 0 Å². The van der Waals surface area contributed by atoms with Crippen molar-refractivity contribution in [3.8, 4) is 6.07 Å². The number of benzene rings is 2. The van der Waals surface area contributed by atoms with Crippen molar-refractivity contribution in [2.45, 2.75) is 12.5 Å². The first-order valence-electron chi connectivity index (χ1n) is 8.32. The standard InChI is InChI=1S/C21H19N3O2/c1-26-14-20(17-7-2-5-15(11-17)13-22)24-21(25)12-16-6-3-9-19-18(16)8-4-10-23-19/h2-11,20H,12,14H2,1H3,(H,24,25). The molecule has 2 aromatic carbocycles. The second-order valence-corrected chi connectivity index (χ2v) is 5.98. The third-order valence-corrected chi connectivity index (χ3v) is 4.17. The largest absolute Gasteiger partial charge is 0.382 e. The van der Waals surface area contributed by atoms with E-state index in [1.54, 1.807) is 31.5 Å². The molecular weight excluding hydrogens is 326 g/mol. The maximum Gasteiger partial charge on any atom is 0.225 e. The van der Waals surface area contributed by atoms with E-state index in [-0.39, 0.29) is 18.4 Å². The zero-order valence-electron chi connectivity index (χ0n) is 14.5. The first-order valence-corrected chi connectivity index (χ1v) is 8.32. The average Bonchev–Trinajstić information content (AvgIpc) is 2.68. The maximum atomic E-state index is 12.6. The Morgan fingerprint density at radius 3 is 2.88 bits per heavy atom. The number of aromatic nitrogens is 1. The first-order chi connectivity index (χ1) is 12.7. The molecular formula is C21H19N3O2. The first kappa shape index (κ1) is 17.6. The van der Waals surface area contributed by atoms with Crippen LogP contribution in [0.25, 0.3) is 10.9 Å². The summed E-state index contributed by atoms with van der Waals surface area (Å²) in [5, 5.41) is 13.1. The summed E-state index contributed by atoms with van der Waals surface area (Å²) >= 11 is 0. The number of amides is 1. The molecule has 0 saturated heterocycles. The molecule has 1 heterocycles. The van der Waals surface area contributed by atoms with Crippen LogP contribution in [0.3, 0.4) is 0 Å². The van der Waals surface area contributed by atoms with Crippen LogP contribution < -0.4 is 5.32 Å². The van der Waals surface area contributed by atoms with E-state index < -0.39 is 0 Å². The van der Waals surface area contributed by atoms with E-state index in [4.69, 9.17) is 10.00 Å². The van der Waals surface area contributed by atoms with Gasteiger partial charge in [0.2, 0.25) is 5.91 Å². The fraction of sp³-hybridized carbons (Fsp3) is 0.190. The fourth-order valence-electron chi connectivity index (χ4n) is 2.95. The molecule has 0 bridgehead atoms. The van der Waals surface area contributed by atoms with E-state index >= 15 is 0 Å². The van der Waals surface area contributed by atoms with Crippen LogP contribution in [0.5, 0.6) is 0 Å². The predicted octanol–water partition coefficient (Wildman–Crippen LogP) is 3.15. The maximum absolute atomic E-state index is 12.6. The molecule has 3 aromatic rings. The van der Waals surface area contributed by atoms with Crippen molar-refractivity contribution < 1.29 is 9.53 Å². The molecule has 5 heteroatoms. The second-order valence-electron chi connectivity index (χ2n) is 5.98. The SMILES string of the molecule is COCC(NC(=O)Cc1cccc2ncccc12)c1cccc(C#N)c1. The highest BCUT2D eigenvalue weighted by atomic mass is 16.5. The fourth-order valence-corrected chi connectivity index (χ4v) is 2.95. The number of carbonyl (C=O) groups excluding carboxylic acids is 1. The molecule has 0 spiro atoms. The van der Waals surface area contributed by atoms with Crippen molar-refractivity contribution in [3.05, 3.63) is 77.5 Å². The molecule has 0 aliphatic carbocycles. The summed E-state index contributed by atoms with van der Waals surface area (Å²) in [5.41, 5.74) is 3.19. The van der Waals surface area contributed by atoms with Crippen molar-refractivity contribution in [1.29, 1.82) is 5.26 Å². The Morgan fingerprint density at radius 1 is 1.23 bits per heavy atom. The summed E-state index contributed by atoms with van der Waals surface area (Å²) in [6.07, 6.45) is 1.99. The van der Waals surface area contributed by atoms with Gasteiger partial charge in [-0.1, -0.05) is 30.3 Å². The van der Waals surface area contributed by atoms with Gasteiger partial charge in [0.05, 0.1) is 36.2 Å². The number of hydrogen-bond acceptors (Lipinski definition) is 4. The lowest BCUT2D eigenvalue weighted by atomic mass is 10.0.